The van der Waals surface area contributed by atoms with Crippen LogP contribution in [0.15, 0.2) is 18.2 Å². The first-order valence-corrected chi connectivity index (χ1v) is 4.45. The maximum absolute atomic E-state index is 10.7. The Bertz CT molecular complexity index is 351. The molecule has 0 saturated carbocycles. The van der Waals surface area contributed by atoms with Crippen LogP contribution in [-0.2, 0) is 0 Å². The van der Waals surface area contributed by atoms with Gasteiger partial charge in [-0.25, -0.2) is 4.79 Å². The first-order chi connectivity index (χ1) is 7.19. The third kappa shape index (κ3) is 2.85. The number of aliphatic hydroxyl groups is 1. The summed E-state index contributed by atoms with van der Waals surface area (Å²) in [6.45, 7) is 0.395. The fourth-order valence-corrected chi connectivity index (χ4v) is 1.16. The van der Waals surface area contributed by atoms with Crippen molar-refractivity contribution in [3.8, 4) is 5.75 Å². The number of ether oxygens (including phenoxy) is 1. The molecule has 0 aromatic heterocycles. The van der Waals surface area contributed by atoms with Gasteiger partial charge in [0.1, 0.15) is 5.75 Å². The molecule has 0 aliphatic heterocycles. The Morgan fingerprint density at radius 2 is 2.27 bits per heavy atom. The Balaban J connectivity index is 2.93. The van der Waals surface area contributed by atoms with Gasteiger partial charge < -0.3 is 20.3 Å². The Morgan fingerprint density at radius 3 is 2.80 bits per heavy atom. The van der Waals surface area contributed by atoms with E-state index in [0.29, 0.717) is 18.0 Å². The van der Waals surface area contributed by atoms with Crippen molar-refractivity contribution in [1.82, 2.24) is 0 Å². The average molecular weight is 211 g/mol. The van der Waals surface area contributed by atoms with E-state index < -0.39 is 5.97 Å². The fourth-order valence-electron chi connectivity index (χ4n) is 1.16. The van der Waals surface area contributed by atoms with E-state index in [4.69, 9.17) is 14.9 Å². The smallest absolute Gasteiger partial charge is 0.335 e. The van der Waals surface area contributed by atoms with Gasteiger partial charge in [-0.1, -0.05) is 0 Å². The van der Waals surface area contributed by atoms with Gasteiger partial charge in [0.2, 0.25) is 0 Å². The van der Waals surface area contributed by atoms with Gasteiger partial charge in [-0.3, -0.25) is 0 Å². The van der Waals surface area contributed by atoms with Gasteiger partial charge in [-0.15, -0.1) is 0 Å². The first-order valence-electron chi connectivity index (χ1n) is 4.45. The van der Waals surface area contributed by atoms with Gasteiger partial charge in [-0.05, 0) is 18.2 Å². The molecule has 1 rings (SSSR count). The lowest BCUT2D eigenvalue weighted by atomic mass is 10.2. The molecule has 15 heavy (non-hydrogen) atoms. The van der Waals surface area contributed by atoms with Crippen molar-refractivity contribution < 1.29 is 19.7 Å². The highest BCUT2D eigenvalue weighted by Crippen LogP contribution is 2.25. The lowest BCUT2D eigenvalue weighted by molar-refractivity contribution is 0.0696. The predicted molar refractivity (Wildman–Crippen MR) is 55.5 cm³/mol. The summed E-state index contributed by atoms with van der Waals surface area (Å²) >= 11 is 0. The number of nitrogens with one attached hydrogen (secondary N) is 1. The van der Waals surface area contributed by atoms with Crippen molar-refractivity contribution in [2.24, 2.45) is 0 Å². The largest absolute Gasteiger partial charge is 0.495 e. The molecule has 0 saturated heterocycles. The molecule has 0 heterocycles. The van der Waals surface area contributed by atoms with Gasteiger partial charge in [0, 0.05) is 6.54 Å². The van der Waals surface area contributed by atoms with Gasteiger partial charge in [0.05, 0.1) is 25.0 Å². The van der Waals surface area contributed by atoms with E-state index in [1.165, 1.54) is 19.2 Å². The Morgan fingerprint density at radius 1 is 1.53 bits per heavy atom. The minimum Gasteiger partial charge on any atom is -0.495 e. The normalized spacial score (nSPS) is 9.73. The second-order valence-corrected chi connectivity index (χ2v) is 2.87. The first kappa shape index (κ1) is 11.3. The van der Waals surface area contributed by atoms with Crippen molar-refractivity contribution in [3.05, 3.63) is 23.8 Å². The summed E-state index contributed by atoms with van der Waals surface area (Å²) in [7, 11) is 1.46. The molecule has 0 radical (unpaired) electrons. The Labute approximate surface area is 87.3 Å². The summed E-state index contributed by atoms with van der Waals surface area (Å²) in [5, 5.41) is 20.3. The number of aromatic carboxylic acids is 1. The van der Waals surface area contributed by atoms with Crippen LogP contribution in [0.25, 0.3) is 0 Å². The number of anilines is 1. The van der Waals surface area contributed by atoms with Crippen molar-refractivity contribution in [2.75, 3.05) is 25.6 Å². The Hall–Kier alpha value is -1.75. The van der Waals surface area contributed by atoms with Gasteiger partial charge in [-0.2, -0.15) is 0 Å². The molecule has 3 N–H and O–H groups in total. The number of hydrogen-bond donors (Lipinski definition) is 3. The number of carboxylic acid groups (broad SMARTS) is 1. The van der Waals surface area contributed by atoms with Crippen molar-refractivity contribution in [1.29, 1.82) is 0 Å². The van der Waals surface area contributed by atoms with Crippen LogP contribution in [0.3, 0.4) is 0 Å². The third-order valence-electron chi connectivity index (χ3n) is 1.88. The summed E-state index contributed by atoms with van der Waals surface area (Å²) in [5.74, 6) is -0.551. The van der Waals surface area contributed by atoms with E-state index in [1.807, 2.05) is 0 Å². The predicted octanol–water partition coefficient (Wildman–Crippen LogP) is 0.798. The van der Waals surface area contributed by atoms with Crippen LogP contribution in [0.5, 0.6) is 5.75 Å². The third-order valence-corrected chi connectivity index (χ3v) is 1.88. The molecule has 0 spiro atoms. The molecule has 82 valence electrons. The standard InChI is InChI=1S/C10H13NO4/c1-15-9-6-7(10(13)14)2-3-8(9)11-4-5-12/h2-3,6,11-12H,4-5H2,1H3,(H,13,14). The lowest BCUT2D eigenvalue weighted by Crippen LogP contribution is -2.07. The fraction of sp³-hybridized carbons (Fsp3) is 0.300. The molecule has 0 atom stereocenters. The van der Waals surface area contributed by atoms with Crippen LogP contribution in [0, 0.1) is 0 Å². The maximum Gasteiger partial charge on any atom is 0.335 e. The molecule has 0 fully saturated rings. The maximum atomic E-state index is 10.7. The van der Waals surface area contributed by atoms with Crippen molar-refractivity contribution in [2.45, 2.75) is 0 Å². The average Bonchev–Trinajstić information content (AvgIpc) is 2.25. The quantitative estimate of drug-likeness (QED) is 0.671. The second kappa shape index (κ2) is 5.21. The zero-order valence-corrected chi connectivity index (χ0v) is 8.36. The molecular formula is C10H13NO4. The molecule has 0 amide bonds. The van der Waals surface area contributed by atoms with Crippen LogP contribution >= 0.6 is 0 Å². The summed E-state index contributed by atoms with van der Waals surface area (Å²) in [4.78, 5) is 10.7. The highest BCUT2D eigenvalue weighted by Gasteiger charge is 2.08. The molecular weight excluding hydrogens is 198 g/mol. The molecule has 0 aliphatic carbocycles. The molecule has 0 aliphatic rings. The monoisotopic (exact) mass is 211 g/mol. The Kier molecular flexibility index (Phi) is 3.93. The summed E-state index contributed by atoms with van der Waals surface area (Å²) in [6.07, 6.45) is 0. The number of carbonyl (C=O) groups is 1. The van der Waals surface area contributed by atoms with Gasteiger partial charge in [0.15, 0.2) is 0 Å². The number of rotatable bonds is 5. The van der Waals surface area contributed by atoms with Crippen molar-refractivity contribution >= 4 is 11.7 Å². The topological polar surface area (TPSA) is 78.8 Å². The minimum absolute atomic E-state index is 0.00381. The summed E-state index contributed by atoms with van der Waals surface area (Å²) < 4.78 is 5.03. The van der Waals surface area contributed by atoms with Crippen LogP contribution < -0.4 is 10.1 Å². The van der Waals surface area contributed by atoms with Gasteiger partial charge in [0.25, 0.3) is 0 Å². The molecule has 5 heteroatoms. The summed E-state index contributed by atoms with van der Waals surface area (Å²) in [6, 6.07) is 4.52. The number of aliphatic hydroxyl groups excluding tert-OH is 1. The number of benzene rings is 1. The zero-order valence-electron chi connectivity index (χ0n) is 8.36. The summed E-state index contributed by atoms with van der Waals surface area (Å²) in [5.41, 5.74) is 0.831. The number of carboxylic acids is 1. The molecule has 5 nitrogen and oxygen atoms in total. The van der Waals surface area contributed by atoms with E-state index in [0.717, 1.165) is 0 Å². The minimum atomic E-state index is -0.998. The number of methoxy groups -OCH3 is 1. The molecule has 1 aromatic carbocycles. The second-order valence-electron chi connectivity index (χ2n) is 2.87. The van der Waals surface area contributed by atoms with Crippen LogP contribution in [0.4, 0.5) is 5.69 Å². The van der Waals surface area contributed by atoms with Crippen molar-refractivity contribution in [3.63, 3.8) is 0 Å². The highest BCUT2D eigenvalue weighted by molar-refractivity contribution is 5.89. The van der Waals surface area contributed by atoms with Crippen LogP contribution in [-0.4, -0.2) is 36.4 Å². The van der Waals surface area contributed by atoms with Gasteiger partial charge >= 0.3 is 5.97 Å². The molecule has 1 aromatic rings. The van der Waals surface area contributed by atoms with E-state index in [-0.39, 0.29) is 12.2 Å². The lowest BCUT2D eigenvalue weighted by Gasteiger charge is -2.10. The van der Waals surface area contributed by atoms with E-state index in [9.17, 15) is 4.79 Å². The highest BCUT2D eigenvalue weighted by atomic mass is 16.5. The zero-order chi connectivity index (χ0) is 11.3. The van der Waals surface area contributed by atoms with Crippen LogP contribution in [0.2, 0.25) is 0 Å². The number of hydrogen-bond acceptors (Lipinski definition) is 4. The molecule has 0 bridgehead atoms. The van der Waals surface area contributed by atoms with Crippen LogP contribution in [0.1, 0.15) is 10.4 Å². The molecule has 0 unspecified atom stereocenters. The van der Waals surface area contributed by atoms with E-state index in [2.05, 4.69) is 5.32 Å². The van der Waals surface area contributed by atoms with E-state index >= 15 is 0 Å². The van der Waals surface area contributed by atoms with E-state index in [1.54, 1.807) is 6.07 Å². The SMILES string of the molecule is COc1cc(C(=O)O)ccc1NCCO.